The van der Waals surface area contributed by atoms with Crippen LogP contribution in [0.1, 0.15) is 32.4 Å². The highest BCUT2D eigenvalue weighted by molar-refractivity contribution is 7.91. The summed E-state index contributed by atoms with van der Waals surface area (Å²) in [7, 11) is 0.683. The first-order valence-electron chi connectivity index (χ1n) is 8.31. The SMILES string of the molecule is CC(C)[C@@H](C)[C@H](c1ccc(S(=O)(=O)c2ccccc2)cc1)N(C)C. The van der Waals surface area contributed by atoms with E-state index in [1.165, 1.54) is 0 Å². The van der Waals surface area contributed by atoms with Gasteiger partial charge in [0.05, 0.1) is 9.79 Å². The van der Waals surface area contributed by atoms with Gasteiger partial charge in [-0.25, -0.2) is 8.42 Å². The Labute approximate surface area is 146 Å². The number of sulfone groups is 1. The Balaban J connectivity index is 2.37. The number of benzene rings is 2. The molecule has 2 atom stereocenters. The van der Waals surface area contributed by atoms with Crippen molar-refractivity contribution in [1.29, 1.82) is 0 Å². The van der Waals surface area contributed by atoms with Crippen molar-refractivity contribution in [2.24, 2.45) is 11.8 Å². The van der Waals surface area contributed by atoms with Crippen molar-refractivity contribution in [2.75, 3.05) is 14.1 Å². The average Bonchev–Trinajstić information content (AvgIpc) is 2.56. The van der Waals surface area contributed by atoms with Crippen LogP contribution in [0.3, 0.4) is 0 Å². The lowest BCUT2D eigenvalue weighted by molar-refractivity contribution is 0.184. The summed E-state index contributed by atoms with van der Waals surface area (Å²) in [5, 5.41) is 0. The standard InChI is InChI=1S/C20H27NO2S/c1-15(2)16(3)20(21(4)5)17-11-13-19(14-12-17)24(22,23)18-9-7-6-8-10-18/h6-16,20H,1-5H3/t16-,20-/m1/s1. The molecule has 2 rings (SSSR count). The van der Waals surface area contributed by atoms with E-state index < -0.39 is 9.84 Å². The van der Waals surface area contributed by atoms with Gasteiger partial charge in [0.25, 0.3) is 0 Å². The third kappa shape index (κ3) is 3.87. The van der Waals surface area contributed by atoms with Crippen molar-refractivity contribution in [3.63, 3.8) is 0 Å². The summed E-state index contributed by atoms with van der Waals surface area (Å²) >= 11 is 0. The van der Waals surface area contributed by atoms with Crippen LogP contribution in [0.15, 0.2) is 64.4 Å². The van der Waals surface area contributed by atoms with Crippen LogP contribution in [0.25, 0.3) is 0 Å². The second-order valence-corrected chi connectivity index (χ2v) is 8.85. The Kier molecular flexibility index (Phi) is 5.83. The molecule has 4 heteroatoms. The Hall–Kier alpha value is -1.65. The van der Waals surface area contributed by atoms with Crippen LogP contribution in [0, 0.1) is 11.8 Å². The maximum absolute atomic E-state index is 12.7. The smallest absolute Gasteiger partial charge is 0.206 e. The largest absolute Gasteiger partial charge is 0.302 e. The minimum absolute atomic E-state index is 0.262. The van der Waals surface area contributed by atoms with Crippen LogP contribution in [-0.2, 0) is 9.84 Å². The van der Waals surface area contributed by atoms with E-state index in [0.29, 0.717) is 21.6 Å². The van der Waals surface area contributed by atoms with Crippen LogP contribution in [0.4, 0.5) is 0 Å². The molecule has 0 aliphatic carbocycles. The maximum atomic E-state index is 12.7. The molecule has 0 bridgehead atoms. The summed E-state index contributed by atoms with van der Waals surface area (Å²) in [4.78, 5) is 2.87. The van der Waals surface area contributed by atoms with Gasteiger partial charge >= 0.3 is 0 Å². The fourth-order valence-corrected chi connectivity index (χ4v) is 4.30. The second-order valence-electron chi connectivity index (χ2n) is 6.90. The third-order valence-electron chi connectivity index (χ3n) is 4.69. The Morgan fingerprint density at radius 1 is 0.792 bits per heavy atom. The number of hydrogen-bond acceptors (Lipinski definition) is 3. The third-order valence-corrected chi connectivity index (χ3v) is 6.48. The molecule has 0 amide bonds. The van der Waals surface area contributed by atoms with Gasteiger partial charge in [-0.3, -0.25) is 0 Å². The summed E-state index contributed by atoms with van der Waals surface area (Å²) in [6, 6.07) is 16.2. The molecule has 0 radical (unpaired) electrons. The van der Waals surface area contributed by atoms with Gasteiger partial charge in [-0.05, 0) is 55.8 Å². The molecule has 2 aromatic carbocycles. The summed E-state index contributed by atoms with van der Waals surface area (Å²) in [6.07, 6.45) is 0. The fraction of sp³-hybridized carbons (Fsp3) is 0.400. The zero-order valence-electron chi connectivity index (χ0n) is 15.1. The van der Waals surface area contributed by atoms with Crippen molar-refractivity contribution in [1.82, 2.24) is 4.90 Å². The van der Waals surface area contributed by atoms with Gasteiger partial charge in [0.2, 0.25) is 9.84 Å². The van der Waals surface area contributed by atoms with Gasteiger partial charge in [-0.1, -0.05) is 51.1 Å². The van der Waals surface area contributed by atoms with E-state index in [2.05, 4.69) is 39.8 Å². The van der Waals surface area contributed by atoms with E-state index in [9.17, 15) is 8.42 Å². The molecule has 0 fully saturated rings. The first-order valence-corrected chi connectivity index (χ1v) is 9.80. The van der Waals surface area contributed by atoms with Gasteiger partial charge < -0.3 is 4.90 Å². The maximum Gasteiger partial charge on any atom is 0.206 e. The Bertz CT molecular complexity index is 750. The summed E-state index contributed by atoms with van der Waals surface area (Å²) in [5.74, 6) is 1.02. The molecule has 0 aliphatic heterocycles. The number of rotatable bonds is 6. The van der Waals surface area contributed by atoms with Crippen molar-refractivity contribution < 1.29 is 8.42 Å². The Morgan fingerprint density at radius 3 is 1.75 bits per heavy atom. The highest BCUT2D eigenvalue weighted by atomic mass is 32.2. The van der Waals surface area contributed by atoms with E-state index in [-0.39, 0.29) is 6.04 Å². The first-order chi connectivity index (χ1) is 11.2. The monoisotopic (exact) mass is 345 g/mol. The normalized spacial score (nSPS) is 14.8. The lowest BCUT2D eigenvalue weighted by Gasteiger charge is -2.33. The number of nitrogens with zero attached hydrogens (tertiary/aromatic N) is 1. The Morgan fingerprint density at radius 2 is 1.29 bits per heavy atom. The molecular formula is C20H27NO2S. The van der Waals surface area contributed by atoms with Gasteiger partial charge in [-0.2, -0.15) is 0 Å². The van der Waals surface area contributed by atoms with E-state index in [1.54, 1.807) is 36.4 Å². The molecule has 3 nitrogen and oxygen atoms in total. The van der Waals surface area contributed by atoms with Crippen LogP contribution in [0.5, 0.6) is 0 Å². The second kappa shape index (κ2) is 7.49. The molecule has 0 saturated carbocycles. The quantitative estimate of drug-likeness (QED) is 0.778. The molecule has 130 valence electrons. The van der Waals surface area contributed by atoms with Crippen molar-refractivity contribution >= 4 is 9.84 Å². The fourth-order valence-electron chi connectivity index (χ4n) is 3.02. The van der Waals surface area contributed by atoms with E-state index in [0.717, 1.165) is 5.56 Å². The van der Waals surface area contributed by atoms with Crippen LogP contribution >= 0.6 is 0 Å². The van der Waals surface area contributed by atoms with Gasteiger partial charge in [0.15, 0.2) is 0 Å². The van der Waals surface area contributed by atoms with Crippen LogP contribution in [0.2, 0.25) is 0 Å². The van der Waals surface area contributed by atoms with E-state index >= 15 is 0 Å². The summed E-state index contributed by atoms with van der Waals surface area (Å²) in [5.41, 5.74) is 1.15. The predicted molar refractivity (Wildman–Crippen MR) is 98.8 cm³/mol. The average molecular weight is 346 g/mol. The van der Waals surface area contributed by atoms with Gasteiger partial charge in [0.1, 0.15) is 0 Å². The zero-order valence-corrected chi connectivity index (χ0v) is 15.9. The lowest BCUT2D eigenvalue weighted by Crippen LogP contribution is -2.28. The molecule has 0 aromatic heterocycles. The zero-order chi connectivity index (χ0) is 17.9. The molecule has 24 heavy (non-hydrogen) atoms. The highest BCUT2D eigenvalue weighted by Gasteiger charge is 2.25. The van der Waals surface area contributed by atoms with Crippen LogP contribution < -0.4 is 0 Å². The molecule has 0 aliphatic rings. The number of hydrogen-bond donors (Lipinski definition) is 0. The van der Waals surface area contributed by atoms with Crippen molar-refractivity contribution in [3.8, 4) is 0 Å². The van der Waals surface area contributed by atoms with Gasteiger partial charge in [-0.15, -0.1) is 0 Å². The lowest BCUT2D eigenvalue weighted by atomic mass is 9.85. The molecule has 0 N–H and O–H groups in total. The van der Waals surface area contributed by atoms with Gasteiger partial charge in [0, 0.05) is 6.04 Å². The van der Waals surface area contributed by atoms with E-state index in [4.69, 9.17) is 0 Å². The van der Waals surface area contributed by atoms with E-state index in [1.807, 2.05) is 18.2 Å². The molecule has 0 saturated heterocycles. The molecular weight excluding hydrogens is 318 g/mol. The van der Waals surface area contributed by atoms with Crippen LogP contribution in [-0.4, -0.2) is 27.4 Å². The molecule has 2 aromatic rings. The predicted octanol–water partition coefficient (Wildman–Crippen LogP) is 4.41. The molecule has 0 unspecified atom stereocenters. The minimum Gasteiger partial charge on any atom is -0.302 e. The molecule has 0 heterocycles. The summed E-state index contributed by atoms with van der Waals surface area (Å²) in [6.45, 7) is 6.68. The van der Waals surface area contributed by atoms with Crippen molar-refractivity contribution in [2.45, 2.75) is 36.6 Å². The van der Waals surface area contributed by atoms with Crippen molar-refractivity contribution in [3.05, 3.63) is 60.2 Å². The highest BCUT2D eigenvalue weighted by Crippen LogP contribution is 2.32. The first kappa shape index (κ1) is 18.7. The minimum atomic E-state index is -3.45. The topological polar surface area (TPSA) is 37.4 Å². The molecule has 0 spiro atoms. The summed E-state index contributed by atoms with van der Waals surface area (Å²) < 4.78 is 25.4.